The van der Waals surface area contributed by atoms with Crippen LogP contribution in [0.5, 0.6) is 0 Å². The second kappa shape index (κ2) is 16.7. The number of benzene rings is 1. The lowest BCUT2D eigenvalue weighted by Crippen LogP contribution is -2.54. The average Bonchev–Trinajstić information content (AvgIpc) is 3.51. The van der Waals surface area contributed by atoms with E-state index in [0.29, 0.717) is 36.3 Å². The molecular weight excluding hydrogens is 759 g/mol. The highest BCUT2D eigenvalue weighted by Crippen LogP contribution is 2.54. The summed E-state index contributed by atoms with van der Waals surface area (Å²) < 4.78 is 82.9. The Bertz CT molecular complexity index is 1560. The molecule has 3 saturated heterocycles. The number of rotatable bonds is 4. The molecule has 2 amide bonds. The monoisotopic (exact) mass is 801 g/mol. The summed E-state index contributed by atoms with van der Waals surface area (Å²) in [7, 11) is 0. The molecule has 0 spiro atoms. The van der Waals surface area contributed by atoms with Crippen molar-refractivity contribution in [3.8, 4) is 10.4 Å². The van der Waals surface area contributed by atoms with Gasteiger partial charge in [0.1, 0.15) is 5.69 Å². The van der Waals surface area contributed by atoms with E-state index in [0.717, 1.165) is 75.2 Å². The van der Waals surface area contributed by atoms with Gasteiger partial charge >= 0.3 is 12.4 Å². The van der Waals surface area contributed by atoms with Crippen LogP contribution in [-0.4, -0.2) is 92.2 Å². The number of alkyl halides is 6. The minimum Gasteiger partial charge on any atom is -0.391 e. The van der Waals surface area contributed by atoms with E-state index in [9.17, 15) is 51.3 Å². The third kappa shape index (κ3) is 8.70. The van der Waals surface area contributed by atoms with Crippen molar-refractivity contribution in [1.29, 1.82) is 0 Å². The number of thiazole rings is 1. The minimum absolute atomic E-state index is 0.0382. The Balaban J connectivity index is 1.59. The highest BCUT2D eigenvalue weighted by molar-refractivity contribution is 7.17. The van der Waals surface area contributed by atoms with E-state index < -0.39 is 57.6 Å². The van der Waals surface area contributed by atoms with Crippen LogP contribution in [0.4, 0.5) is 26.3 Å². The highest BCUT2D eigenvalue weighted by Gasteiger charge is 2.72. The molecule has 3 aliphatic heterocycles. The molecule has 0 unspecified atom stereocenters. The Kier molecular flexibility index (Phi) is 13.2. The van der Waals surface area contributed by atoms with Gasteiger partial charge in [0.25, 0.3) is 17.4 Å². The van der Waals surface area contributed by atoms with Crippen LogP contribution >= 0.6 is 34.5 Å². The van der Waals surface area contributed by atoms with Crippen LogP contribution in [0.3, 0.4) is 0 Å². The van der Waals surface area contributed by atoms with Crippen molar-refractivity contribution in [3.05, 3.63) is 38.4 Å². The van der Waals surface area contributed by atoms with E-state index in [4.69, 9.17) is 23.2 Å². The van der Waals surface area contributed by atoms with Gasteiger partial charge in [-0.25, -0.2) is 4.98 Å². The zero-order valence-electron chi connectivity index (χ0n) is 28.4. The second-order valence-electron chi connectivity index (χ2n) is 14.2. The topological polar surface area (TPSA) is 114 Å². The van der Waals surface area contributed by atoms with Crippen molar-refractivity contribution in [2.75, 3.05) is 19.6 Å². The lowest BCUT2D eigenvalue weighted by atomic mass is 9.82. The molecule has 4 heterocycles. The van der Waals surface area contributed by atoms with Gasteiger partial charge in [0, 0.05) is 43.2 Å². The number of carbonyl (C=O) groups excluding carboxylic acids is 2. The van der Waals surface area contributed by atoms with Gasteiger partial charge in [0.05, 0.1) is 27.1 Å². The normalized spacial score (nSPS) is 24.8. The summed E-state index contributed by atoms with van der Waals surface area (Å²) in [6.07, 6.45) is -1.72. The van der Waals surface area contributed by atoms with Gasteiger partial charge in [-0.15, -0.1) is 11.3 Å². The summed E-state index contributed by atoms with van der Waals surface area (Å²) in [5.41, 5.74) is -7.66. The molecule has 4 fully saturated rings. The van der Waals surface area contributed by atoms with E-state index in [2.05, 4.69) is 4.98 Å². The van der Waals surface area contributed by atoms with Crippen LogP contribution < -0.4 is 0 Å². The number of β-amino-alcohol motifs (C(OH)–C–C–N with tert-alkyl or cyclic N) is 2. The van der Waals surface area contributed by atoms with Gasteiger partial charge in [-0.1, -0.05) is 86.7 Å². The van der Waals surface area contributed by atoms with Crippen molar-refractivity contribution in [1.82, 2.24) is 14.8 Å². The Morgan fingerprint density at radius 3 is 1.90 bits per heavy atom. The maximum absolute atomic E-state index is 14.6. The van der Waals surface area contributed by atoms with Crippen LogP contribution in [0.2, 0.25) is 10.0 Å². The lowest BCUT2D eigenvalue weighted by molar-refractivity contribution is -0.376. The zero-order valence-corrected chi connectivity index (χ0v) is 30.7. The number of amides is 2. The van der Waals surface area contributed by atoms with Crippen LogP contribution in [0.25, 0.3) is 10.4 Å². The zero-order chi connectivity index (χ0) is 38.0. The first kappa shape index (κ1) is 41.0. The number of fused-ring (bicyclic) bond motifs is 12. The number of aliphatic hydroxyl groups is 3. The molecule has 290 valence electrons. The van der Waals surface area contributed by atoms with Crippen molar-refractivity contribution in [3.63, 3.8) is 0 Å². The number of hydrogen-bond donors (Lipinski definition) is 3. The van der Waals surface area contributed by atoms with Gasteiger partial charge < -0.3 is 25.1 Å². The molecule has 1 aliphatic carbocycles. The molecule has 4 aliphatic rings. The van der Waals surface area contributed by atoms with Crippen LogP contribution in [0, 0.1) is 5.92 Å². The first-order valence-electron chi connectivity index (χ1n) is 17.8. The molecule has 1 saturated carbocycles. The summed E-state index contributed by atoms with van der Waals surface area (Å²) in [4.78, 5) is 35.5. The lowest BCUT2D eigenvalue weighted by Gasteiger charge is -2.37. The van der Waals surface area contributed by atoms with Crippen LogP contribution in [0.15, 0.2) is 12.1 Å². The smallest absolute Gasteiger partial charge is 0.391 e. The number of aliphatic hydroxyl groups excluding tert-OH is 2. The molecular formula is C35H43Cl2F6N3O5S. The second-order valence-corrected chi connectivity index (χ2v) is 16.0. The molecule has 2 aromatic rings. The standard InChI is InChI=1S/C35H43Cl2F6N3O5S/c36-26-24(14-15-25(27(26)37)33(51,34(38,39)40)35(41,42)43)29-28(44-30(52-29)32(50)45-18-22(47)17-23(48)19-45)31(49)46-16-8-6-4-2-1-3-5-7-9-20-10-12-21(46)13-11-20/h14-15,20-23,47-48,51H,1-13,16-19H2/t20?,21?,22-,23+. The number of piperidine rings is 1. The van der Waals surface area contributed by atoms with E-state index in [1.807, 2.05) is 0 Å². The van der Waals surface area contributed by atoms with Crippen molar-refractivity contribution < 1.29 is 51.3 Å². The molecule has 2 atom stereocenters. The van der Waals surface area contributed by atoms with E-state index in [1.165, 1.54) is 12.8 Å². The Morgan fingerprint density at radius 2 is 1.33 bits per heavy atom. The van der Waals surface area contributed by atoms with Crippen molar-refractivity contribution in [2.45, 2.75) is 126 Å². The first-order chi connectivity index (χ1) is 24.4. The molecule has 1 aromatic carbocycles. The van der Waals surface area contributed by atoms with E-state index in [1.54, 1.807) is 4.90 Å². The molecule has 1 aromatic heterocycles. The SMILES string of the molecule is O=C(c1nc(C(=O)N2CCCCCCCCCCC3CCC2CC3)c(-c2ccc(C(O)(C(F)(F)F)C(F)(F)F)c(Cl)c2Cl)s1)N1C[C@H](O)C[C@H](O)C1. The minimum atomic E-state index is -6.23. The number of hydrogen-bond acceptors (Lipinski definition) is 7. The molecule has 17 heteroatoms. The molecule has 2 bridgehead atoms. The van der Waals surface area contributed by atoms with Crippen LogP contribution in [-0.2, 0) is 5.60 Å². The fourth-order valence-electron chi connectivity index (χ4n) is 7.66. The summed E-state index contributed by atoms with van der Waals surface area (Å²) in [5.74, 6) is -0.780. The first-order valence-corrected chi connectivity index (χ1v) is 19.3. The molecule has 0 radical (unpaired) electrons. The quantitative estimate of drug-likeness (QED) is 0.267. The third-order valence-electron chi connectivity index (χ3n) is 10.5. The number of carbonyl (C=O) groups is 2. The summed E-state index contributed by atoms with van der Waals surface area (Å²) in [5, 5.41) is 28.2. The predicted octanol–water partition coefficient (Wildman–Crippen LogP) is 8.52. The van der Waals surface area contributed by atoms with Gasteiger partial charge in [-0.3, -0.25) is 9.59 Å². The third-order valence-corrected chi connectivity index (χ3v) is 12.5. The van der Waals surface area contributed by atoms with Gasteiger partial charge in [-0.05, 0) is 38.0 Å². The van der Waals surface area contributed by atoms with Gasteiger partial charge in [0.2, 0.25) is 0 Å². The largest absolute Gasteiger partial charge is 0.430 e. The van der Waals surface area contributed by atoms with Gasteiger partial charge in [0.15, 0.2) is 5.01 Å². The summed E-state index contributed by atoms with van der Waals surface area (Å²) in [6, 6.07) is 0.976. The van der Waals surface area contributed by atoms with E-state index in [-0.39, 0.29) is 46.7 Å². The molecule has 3 N–H and O–H groups in total. The average molecular weight is 803 g/mol. The highest BCUT2D eigenvalue weighted by atomic mass is 35.5. The predicted molar refractivity (Wildman–Crippen MR) is 184 cm³/mol. The fraction of sp³-hybridized carbons (Fsp3) is 0.686. The Morgan fingerprint density at radius 1 is 0.769 bits per heavy atom. The Hall–Kier alpha value is -2.17. The number of likely N-dealkylation sites (tertiary alicyclic amines) is 1. The van der Waals surface area contributed by atoms with Gasteiger partial charge in [-0.2, -0.15) is 26.3 Å². The summed E-state index contributed by atoms with van der Waals surface area (Å²) >= 11 is 13.2. The number of aromatic nitrogens is 1. The molecule has 6 rings (SSSR count). The number of halogens is 8. The van der Waals surface area contributed by atoms with Crippen molar-refractivity contribution in [2.24, 2.45) is 5.92 Å². The van der Waals surface area contributed by atoms with E-state index >= 15 is 0 Å². The molecule has 52 heavy (non-hydrogen) atoms. The van der Waals surface area contributed by atoms with Crippen molar-refractivity contribution >= 4 is 46.4 Å². The maximum atomic E-state index is 14.6. The number of nitrogens with zero attached hydrogens (tertiary/aromatic N) is 3. The Labute approximate surface area is 312 Å². The van der Waals surface area contributed by atoms with Crippen LogP contribution in [0.1, 0.15) is 116 Å². The fourth-order valence-corrected chi connectivity index (χ4v) is 9.34. The summed E-state index contributed by atoms with van der Waals surface area (Å²) in [6.45, 7) is 0.0902. The maximum Gasteiger partial charge on any atom is 0.430 e. The molecule has 8 nitrogen and oxygen atoms in total.